The average molecular weight is 385 g/mol. The summed E-state index contributed by atoms with van der Waals surface area (Å²) in [7, 11) is 0. The standard InChI is InChI=1S/C20H21ClN4O2/c1-12(2)19(13-7-9-14(21)10-8-13)20(27)25-24-18(26)11-17-22-15-5-3-4-6-16(15)23-17/h3-10,12,19H,11H2,1-2H3,(H,22,23)(H,24,26)(H,25,27)/t19-/m1/s1. The SMILES string of the molecule is CC(C)[C@@H](C(=O)NNC(=O)Cc1nc2ccccc2[nH]1)c1ccc(Cl)cc1. The van der Waals surface area contributed by atoms with Gasteiger partial charge in [-0.15, -0.1) is 0 Å². The normalized spacial score (nSPS) is 12.1. The summed E-state index contributed by atoms with van der Waals surface area (Å²) >= 11 is 5.92. The van der Waals surface area contributed by atoms with Gasteiger partial charge in [0, 0.05) is 5.02 Å². The molecule has 0 spiro atoms. The molecule has 0 unspecified atom stereocenters. The predicted molar refractivity (Wildman–Crippen MR) is 105 cm³/mol. The van der Waals surface area contributed by atoms with Crippen molar-refractivity contribution in [1.29, 1.82) is 0 Å². The molecular weight excluding hydrogens is 364 g/mol. The molecule has 0 aliphatic rings. The van der Waals surface area contributed by atoms with Gasteiger partial charge in [-0.2, -0.15) is 0 Å². The quantitative estimate of drug-likeness (QED) is 0.589. The van der Waals surface area contributed by atoms with E-state index < -0.39 is 5.92 Å². The minimum atomic E-state index is -0.395. The fraction of sp³-hybridized carbons (Fsp3) is 0.250. The zero-order valence-corrected chi connectivity index (χ0v) is 15.9. The van der Waals surface area contributed by atoms with Gasteiger partial charge in [-0.1, -0.05) is 49.7 Å². The van der Waals surface area contributed by atoms with Crippen molar-refractivity contribution in [3.8, 4) is 0 Å². The van der Waals surface area contributed by atoms with Crippen molar-refractivity contribution in [2.75, 3.05) is 0 Å². The van der Waals surface area contributed by atoms with Crippen LogP contribution in [0.3, 0.4) is 0 Å². The number of nitrogens with zero attached hydrogens (tertiary/aromatic N) is 1. The van der Waals surface area contributed by atoms with Crippen LogP contribution in [0.1, 0.15) is 31.2 Å². The second-order valence-corrected chi connectivity index (χ2v) is 7.12. The Morgan fingerprint density at radius 3 is 2.44 bits per heavy atom. The minimum Gasteiger partial charge on any atom is -0.342 e. The monoisotopic (exact) mass is 384 g/mol. The van der Waals surface area contributed by atoms with Crippen LogP contribution in [0.15, 0.2) is 48.5 Å². The summed E-state index contributed by atoms with van der Waals surface area (Å²) in [5, 5.41) is 0.612. The van der Waals surface area contributed by atoms with Gasteiger partial charge in [0.25, 0.3) is 0 Å². The number of carbonyl (C=O) groups excluding carboxylic acids is 2. The molecule has 27 heavy (non-hydrogen) atoms. The highest BCUT2D eigenvalue weighted by molar-refractivity contribution is 6.30. The van der Waals surface area contributed by atoms with Crippen molar-refractivity contribution in [2.24, 2.45) is 5.92 Å². The van der Waals surface area contributed by atoms with Gasteiger partial charge in [0.2, 0.25) is 11.8 Å². The van der Waals surface area contributed by atoms with Crippen molar-refractivity contribution in [3.63, 3.8) is 0 Å². The average Bonchev–Trinajstić information content (AvgIpc) is 3.03. The molecule has 2 aromatic carbocycles. The van der Waals surface area contributed by atoms with Gasteiger partial charge in [-0.3, -0.25) is 20.4 Å². The van der Waals surface area contributed by atoms with Crippen LogP contribution in [0.5, 0.6) is 0 Å². The third-order valence-electron chi connectivity index (χ3n) is 4.27. The fourth-order valence-corrected chi connectivity index (χ4v) is 3.13. The van der Waals surface area contributed by atoms with E-state index in [-0.39, 0.29) is 24.2 Å². The number of nitrogens with one attached hydrogen (secondary N) is 3. The molecule has 3 aromatic rings. The summed E-state index contributed by atoms with van der Waals surface area (Å²) in [6, 6.07) is 14.7. The smallest absolute Gasteiger partial charge is 0.246 e. The summed E-state index contributed by atoms with van der Waals surface area (Å²) in [6.07, 6.45) is 0.0439. The number of para-hydroxylation sites is 2. The number of imidazole rings is 1. The maximum atomic E-state index is 12.6. The Morgan fingerprint density at radius 1 is 1.07 bits per heavy atom. The fourth-order valence-electron chi connectivity index (χ4n) is 3.00. The van der Waals surface area contributed by atoms with Crippen molar-refractivity contribution < 1.29 is 9.59 Å². The number of aromatic nitrogens is 2. The van der Waals surface area contributed by atoms with E-state index >= 15 is 0 Å². The van der Waals surface area contributed by atoms with E-state index in [2.05, 4.69) is 20.8 Å². The van der Waals surface area contributed by atoms with E-state index in [9.17, 15) is 9.59 Å². The number of carbonyl (C=O) groups is 2. The first-order chi connectivity index (χ1) is 12.9. The topological polar surface area (TPSA) is 86.9 Å². The van der Waals surface area contributed by atoms with E-state index in [1.807, 2.05) is 50.2 Å². The number of hydrogen-bond acceptors (Lipinski definition) is 3. The van der Waals surface area contributed by atoms with E-state index in [4.69, 9.17) is 11.6 Å². The lowest BCUT2D eigenvalue weighted by atomic mass is 9.88. The number of H-pyrrole nitrogens is 1. The summed E-state index contributed by atoms with van der Waals surface area (Å²) in [5.74, 6) is -0.417. The van der Waals surface area contributed by atoms with Gasteiger partial charge in [0.05, 0.1) is 23.4 Å². The predicted octanol–water partition coefficient (Wildman–Crippen LogP) is 3.35. The number of amides is 2. The molecule has 0 bridgehead atoms. The summed E-state index contributed by atoms with van der Waals surface area (Å²) in [5.41, 5.74) is 7.50. The van der Waals surface area contributed by atoms with E-state index in [0.717, 1.165) is 16.6 Å². The van der Waals surface area contributed by atoms with Gasteiger partial charge in [-0.25, -0.2) is 4.98 Å². The molecular formula is C20H21ClN4O2. The molecule has 0 radical (unpaired) electrons. The first-order valence-electron chi connectivity index (χ1n) is 8.72. The van der Waals surface area contributed by atoms with Gasteiger partial charge < -0.3 is 4.98 Å². The Labute approximate surface area is 162 Å². The molecule has 7 heteroatoms. The number of hydrazine groups is 1. The lowest BCUT2D eigenvalue weighted by Crippen LogP contribution is -2.45. The maximum absolute atomic E-state index is 12.6. The van der Waals surface area contributed by atoms with Gasteiger partial charge in [0.15, 0.2) is 0 Å². The molecule has 3 N–H and O–H groups in total. The zero-order valence-electron chi connectivity index (χ0n) is 15.1. The molecule has 6 nitrogen and oxygen atoms in total. The third-order valence-corrected chi connectivity index (χ3v) is 4.52. The highest BCUT2D eigenvalue weighted by Crippen LogP contribution is 2.25. The maximum Gasteiger partial charge on any atom is 0.246 e. The Hall–Kier alpha value is -2.86. The third kappa shape index (κ3) is 4.65. The van der Waals surface area contributed by atoms with Crippen LogP contribution < -0.4 is 10.9 Å². The molecule has 0 aliphatic carbocycles. The summed E-state index contributed by atoms with van der Waals surface area (Å²) in [4.78, 5) is 32.2. The van der Waals surface area contributed by atoms with Crippen LogP contribution in [-0.4, -0.2) is 21.8 Å². The summed E-state index contributed by atoms with van der Waals surface area (Å²) in [6.45, 7) is 3.91. The largest absolute Gasteiger partial charge is 0.342 e. The van der Waals surface area contributed by atoms with Crippen LogP contribution in [0.4, 0.5) is 0 Å². The van der Waals surface area contributed by atoms with Crippen molar-refractivity contribution in [2.45, 2.75) is 26.2 Å². The second kappa shape index (κ2) is 8.22. The zero-order chi connectivity index (χ0) is 19.4. The second-order valence-electron chi connectivity index (χ2n) is 6.69. The first kappa shape index (κ1) is 18.9. The molecule has 2 amide bonds. The molecule has 0 saturated carbocycles. The highest BCUT2D eigenvalue weighted by atomic mass is 35.5. The Balaban J connectivity index is 1.60. The lowest BCUT2D eigenvalue weighted by molar-refractivity contribution is -0.130. The van der Waals surface area contributed by atoms with Gasteiger partial charge in [0.1, 0.15) is 5.82 Å². The van der Waals surface area contributed by atoms with Crippen LogP contribution >= 0.6 is 11.6 Å². The highest BCUT2D eigenvalue weighted by Gasteiger charge is 2.24. The number of hydrogen-bond donors (Lipinski definition) is 3. The molecule has 0 aliphatic heterocycles. The van der Waals surface area contributed by atoms with Crippen LogP contribution in [0.2, 0.25) is 5.02 Å². The molecule has 1 atom stereocenters. The van der Waals surface area contributed by atoms with E-state index in [0.29, 0.717) is 10.8 Å². The molecule has 0 saturated heterocycles. The number of rotatable bonds is 5. The Morgan fingerprint density at radius 2 is 1.78 bits per heavy atom. The van der Waals surface area contributed by atoms with E-state index in [1.165, 1.54) is 0 Å². The van der Waals surface area contributed by atoms with E-state index in [1.54, 1.807) is 12.1 Å². The molecule has 3 rings (SSSR count). The minimum absolute atomic E-state index is 0.0439. The lowest BCUT2D eigenvalue weighted by Gasteiger charge is -2.21. The van der Waals surface area contributed by atoms with Crippen molar-refractivity contribution in [3.05, 3.63) is 64.9 Å². The van der Waals surface area contributed by atoms with Crippen molar-refractivity contribution >= 4 is 34.4 Å². The first-order valence-corrected chi connectivity index (χ1v) is 9.09. The molecule has 140 valence electrons. The number of aromatic amines is 1. The Kier molecular flexibility index (Phi) is 5.76. The number of benzene rings is 2. The molecule has 1 aromatic heterocycles. The van der Waals surface area contributed by atoms with Crippen molar-refractivity contribution in [1.82, 2.24) is 20.8 Å². The van der Waals surface area contributed by atoms with Crippen LogP contribution in [0, 0.1) is 5.92 Å². The molecule has 0 fully saturated rings. The summed E-state index contributed by atoms with van der Waals surface area (Å²) < 4.78 is 0. The molecule has 1 heterocycles. The Bertz CT molecular complexity index is 917. The van der Waals surface area contributed by atoms with Crippen LogP contribution in [0.25, 0.3) is 11.0 Å². The van der Waals surface area contributed by atoms with Gasteiger partial charge in [-0.05, 0) is 35.7 Å². The van der Waals surface area contributed by atoms with Crippen LogP contribution in [-0.2, 0) is 16.0 Å². The van der Waals surface area contributed by atoms with Gasteiger partial charge >= 0.3 is 0 Å². The number of fused-ring (bicyclic) bond motifs is 1. The number of halogens is 1.